The summed E-state index contributed by atoms with van der Waals surface area (Å²) in [5.74, 6) is -4.75. The molecule has 3 heterocycles. The SMILES string of the molecule is NCCCC[C@H](NC(=O)[C@H](Cc1cnc[nH]1)NC(=O)[C@H](CCCCN)NC(=O)[C@H](Cc1cnc[nH]1)NC(=O)[C@@H](N)CCCCN)C(=O)N[C@@H](Cc1cnc[nH]1)C(=O)O. The van der Waals surface area contributed by atoms with Crippen LogP contribution in [0.1, 0.15) is 74.9 Å². The number of nitrogens with zero attached hydrogens (tertiary/aromatic N) is 3. The molecule has 0 aliphatic rings. The van der Waals surface area contributed by atoms with Gasteiger partial charge in [0.2, 0.25) is 29.5 Å². The van der Waals surface area contributed by atoms with Crippen LogP contribution in [0.15, 0.2) is 37.6 Å². The summed E-state index contributed by atoms with van der Waals surface area (Å²) in [7, 11) is 0. The van der Waals surface area contributed by atoms with Crippen molar-refractivity contribution in [3.05, 3.63) is 54.7 Å². The minimum absolute atomic E-state index is 0.00726. The molecule has 0 spiro atoms. The molecule has 0 bridgehead atoms. The number of aromatic amines is 3. The third kappa shape index (κ3) is 16.4. The van der Waals surface area contributed by atoms with Crippen molar-refractivity contribution < 1.29 is 33.9 Å². The minimum atomic E-state index is -1.34. The molecule has 22 nitrogen and oxygen atoms in total. The van der Waals surface area contributed by atoms with Crippen LogP contribution in [-0.2, 0) is 48.0 Å². The molecule has 3 aromatic rings. The molecule has 0 aromatic carbocycles. The van der Waals surface area contributed by atoms with E-state index in [2.05, 4.69) is 56.5 Å². The first-order valence-corrected chi connectivity index (χ1v) is 19.5. The molecular weight excluding hydrogens is 754 g/mol. The molecule has 5 amide bonds. The van der Waals surface area contributed by atoms with Gasteiger partial charge in [0.25, 0.3) is 0 Å². The molecule has 58 heavy (non-hydrogen) atoms. The molecule has 3 rings (SSSR count). The number of imidazole rings is 3. The maximum atomic E-state index is 14.1. The van der Waals surface area contributed by atoms with Crippen molar-refractivity contribution >= 4 is 35.5 Å². The number of carbonyl (C=O) groups is 6. The van der Waals surface area contributed by atoms with Crippen molar-refractivity contribution in [2.45, 2.75) is 113 Å². The summed E-state index contributed by atoms with van der Waals surface area (Å²) in [6.45, 7) is 1.10. The molecule has 6 atom stereocenters. The largest absolute Gasteiger partial charge is 0.480 e. The van der Waals surface area contributed by atoms with E-state index in [0.717, 1.165) is 0 Å². The molecule has 22 heteroatoms. The summed E-state index contributed by atoms with van der Waals surface area (Å²) < 4.78 is 0. The lowest BCUT2D eigenvalue weighted by Gasteiger charge is -2.27. The molecular formula is C36H59N15O7. The summed E-state index contributed by atoms with van der Waals surface area (Å²) in [5, 5.41) is 23.2. The molecule has 0 aliphatic carbocycles. The van der Waals surface area contributed by atoms with Gasteiger partial charge in [0.05, 0.1) is 25.0 Å². The average molecular weight is 814 g/mol. The smallest absolute Gasteiger partial charge is 0.326 e. The lowest BCUT2D eigenvalue weighted by Crippen LogP contribution is -2.60. The highest BCUT2D eigenvalue weighted by atomic mass is 16.4. The maximum Gasteiger partial charge on any atom is 0.326 e. The molecule has 0 saturated heterocycles. The highest BCUT2D eigenvalue weighted by Crippen LogP contribution is 2.10. The number of carboxylic acid groups (broad SMARTS) is 1. The van der Waals surface area contributed by atoms with Gasteiger partial charge in [-0.1, -0.05) is 6.42 Å². The number of aliphatic carboxylic acids is 1. The molecule has 0 saturated carbocycles. The highest BCUT2D eigenvalue weighted by molar-refractivity contribution is 5.96. The number of carboxylic acids is 1. The summed E-state index contributed by atoms with van der Waals surface area (Å²) in [6.07, 6.45) is 12.3. The van der Waals surface area contributed by atoms with Gasteiger partial charge >= 0.3 is 5.97 Å². The average Bonchev–Trinajstić information content (AvgIpc) is 4.02. The number of nitrogens with one attached hydrogen (secondary N) is 8. The van der Waals surface area contributed by atoms with Gasteiger partial charge in [-0.2, -0.15) is 0 Å². The fourth-order valence-corrected chi connectivity index (χ4v) is 6.00. The van der Waals surface area contributed by atoms with Crippen LogP contribution >= 0.6 is 0 Å². The number of nitrogens with two attached hydrogens (primary N) is 4. The summed E-state index contributed by atoms with van der Waals surface area (Å²) in [5.41, 5.74) is 24.6. The Morgan fingerprint density at radius 3 is 1.19 bits per heavy atom. The van der Waals surface area contributed by atoms with Crippen LogP contribution in [0.4, 0.5) is 0 Å². The van der Waals surface area contributed by atoms with Crippen molar-refractivity contribution in [1.82, 2.24) is 56.5 Å². The van der Waals surface area contributed by atoms with Crippen LogP contribution in [0.2, 0.25) is 0 Å². The standard InChI is InChI=1S/C36H59N15O7/c37-10-4-1-7-25(40)31(52)49-28(13-22-16-41-19-44-22)34(55)47-26(8-2-5-11-38)32(53)50-29(14-23-17-42-20-45-23)35(56)48-27(9-3-6-12-39)33(54)51-30(36(57)58)15-24-18-43-21-46-24/h16-21,25-30H,1-15,37-40H2,(H,41,44)(H,42,45)(H,43,46)(H,47,55)(H,48,56)(H,49,52)(H,50,53)(H,51,54)(H,57,58)/t25-,26-,27-,28-,29-,30-/m0/s1. The van der Waals surface area contributed by atoms with E-state index in [1.807, 2.05) is 0 Å². The fraction of sp³-hybridized carbons (Fsp3) is 0.583. The third-order valence-electron chi connectivity index (χ3n) is 9.28. The monoisotopic (exact) mass is 813 g/mol. The van der Waals surface area contributed by atoms with E-state index in [1.165, 1.54) is 37.6 Å². The van der Waals surface area contributed by atoms with Crippen LogP contribution in [0, 0.1) is 0 Å². The normalized spacial score (nSPS) is 14.3. The van der Waals surface area contributed by atoms with Crippen molar-refractivity contribution in [3.63, 3.8) is 0 Å². The number of aromatic nitrogens is 6. The predicted octanol–water partition coefficient (Wildman–Crippen LogP) is -2.89. The van der Waals surface area contributed by atoms with Gasteiger partial charge in [-0.15, -0.1) is 0 Å². The number of amides is 5. The van der Waals surface area contributed by atoms with E-state index in [1.54, 1.807) is 0 Å². The maximum absolute atomic E-state index is 14.1. The second-order valence-electron chi connectivity index (χ2n) is 13.9. The lowest BCUT2D eigenvalue weighted by molar-refractivity contribution is -0.142. The van der Waals surface area contributed by atoms with Crippen LogP contribution in [0.3, 0.4) is 0 Å². The second-order valence-corrected chi connectivity index (χ2v) is 13.9. The van der Waals surface area contributed by atoms with Crippen LogP contribution < -0.4 is 49.5 Å². The number of hydrogen-bond donors (Lipinski definition) is 13. The summed E-state index contributed by atoms with van der Waals surface area (Å²) in [4.78, 5) is 101. The first-order chi connectivity index (χ1) is 27.9. The second kappa shape index (κ2) is 25.5. The third-order valence-corrected chi connectivity index (χ3v) is 9.28. The van der Waals surface area contributed by atoms with Gasteiger partial charge in [0.15, 0.2) is 0 Å². The van der Waals surface area contributed by atoms with E-state index in [0.29, 0.717) is 81.7 Å². The van der Waals surface area contributed by atoms with Crippen molar-refractivity contribution in [2.24, 2.45) is 22.9 Å². The van der Waals surface area contributed by atoms with Gasteiger partial charge in [-0.3, -0.25) is 24.0 Å². The van der Waals surface area contributed by atoms with Crippen LogP contribution in [0.5, 0.6) is 0 Å². The van der Waals surface area contributed by atoms with Gasteiger partial charge in [-0.05, 0) is 71.0 Å². The first-order valence-electron chi connectivity index (χ1n) is 19.5. The molecule has 320 valence electrons. The van der Waals surface area contributed by atoms with Crippen molar-refractivity contribution in [3.8, 4) is 0 Å². The molecule has 0 aliphatic heterocycles. The van der Waals surface area contributed by atoms with Gasteiger partial charge in [-0.25, -0.2) is 19.7 Å². The van der Waals surface area contributed by atoms with E-state index >= 15 is 0 Å². The molecule has 3 aromatic heterocycles. The van der Waals surface area contributed by atoms with E-state index in [-0.39, 0.29) is 32.1 Å². The first kappa shape index (κ1) is 46.7. The Bertz CT molecular complexity index is 1670. The quantitative estimate of drug-likeness (QED) is 0.0313. The Labute approximate surface area is 336 Å². The number of hydrogen-bond acceptors (Lipinski definition) is 13. The lowest BCUT2D eigenvalue weighted by atomic mass is 10.0. The van der Waals surface area contributed by atoms with E-state index in [4.69, 9.17) is 22.9 Å². The summed E-state index contributed by atoms with van der Waals surface area (Å²) >= 11 is 0. The van der Waals surface area contributed by atoms with E-state index < -0.39 is 71.8 Å². The van der Waals surface area contributed by atoms with Crippen LogP contribution in [0.25, 0.3) is 0 Å². The predicted molar refractivity (Wildman–Crippen MR) is 211 cm³/mol. The zero-order valence-corrected chi connectivity index (χ0v) is 32.6. The van der Waals surface area contributed by atoms with Gasteiger partial charge < -0.3 is 69.6 Å². The number of carbonyl (C=O) groups excluding carboxylic acids is 5. The van der Waals surface area contributed by atoms with Crippen LogP contribution in [-0.4, -0.2) is 126 Å². The van der Waals surface area contributed by atoms with Crippen molar-refractivity contribution in [1.29, 1.82) is 0 Å². The Kier molecular flexibility index (Phi) is 20.5. The number of H-pyrrole nitrogens is 3. The highest BCUT2D eigenvalue weighted by Gasteiger charge is 2.33. The Hall–Kier alpha value is -5.71. The minimum Gasteiger partial charge on any atom is -0.480 e. The Balaban J connectivity index is 1.83. The summed E-state index contributed by atoms with van der Waals surface area (Å²) in [6, 6.07) is -7.07. The Morgan fingerprint density at radius 1 is 0.500 bits per heavy atom. The molecule has 0 fully saturated rings. The zero-order valence-electron chi connectivity index (χ0n) is 32.6. The Morgan fingerprint density at radius 2 is 0.828 bits per heavy atom. The fourth-order valence-electron chi connectivity index (χ4n) is 6.00. The number of rotatable bonds is 29. The molecule has 0 radical (unpaired) electrons. The van der Waals surface area contributed by atoms with Crippen molar-refractivity contribution in [2.75, 3.05) is 19.6 Å². The topological polar surface area (TPSA) is 373 Å². The molecule has 0 unspecified atom stereocenters. The molecule has 17 N–H and O–H groups in total. The van der Waals surface area contributed by atoms with E-state index in [9.17, 15) is 33.9 Å². The van der Waals surface area contributed by atoms with Gasteiger partial charge in [0.1, 0.15) is 30.2 Å². The number of unbranched alkanes of at least 4 members (excludes halogenated alkanes) is 3. The zero-order chi connectivity index (χ0) is 42.3. The van der Waals surface area contributed by atoms with Gasteiger partial charge in [0, 0.05) is 54.9 Å².